The van der Waals surface area contributed by atoms with Crippen molar-refractivity contribution in [3.8, 4) is 0 Å². The number of halogens is 1. The summed E-state index contributed by atoms with van der Waals surface area (Å²) in [5.41, 5.74) is 7.84. The SMILES string of the molecule is C/C(=N\Nc1ccc2c(c1)c(SC(C)(C)C)c(CC(C)(C)C(=O)O)n2Cc1ccc(Cl)cc1)c1ccccn1. The number of pyridine rings is 1. The lowest BCUT2D eigenvalue weighted by Gasteiger charge is -2.24. The van der Waals surface area contributed by atoms with Crippen molar-refractivity contribution in [2.45, 2.75) is 64.2 Å². The molecule has 0 radical (unpaired) electrons. The number of carboxylic acid groups (broad SMARTS) is 1. The van der Waals surface area contributed by atoms with Gasteiger partial charge in [0, 0.05) is 50.4 Å². The van der Waals surface area contributed by atoms with Crippen LogP contribution in [0.15, 0.2) is 76.9 Å². The molecule has 0 aliphatic carbocycles. The minimum Gasteiger partial charge on any atom is -0.481 e. The Hall–Kier alpha value is -3.29. The molecule has 204 valence electrons. The number of hydrazone groups is 1. The molecule has 0 spiro atoms. The molecule has 0 amide bonds. The Morgan fingerprint density at radius 2 is 1.79 bits per heavy atom. The second-order valence-corrected chi connectivity index (χ2v) is 13.6. The van der Waals surface area contributed by atoms with Crippen LogP contribution in [0.1, 0.15) is 58.5 Å². The zero-order chi connectivity index (χ0) is 28.4. The quantitative estimate of drug-likeness (QED) is 0.122. The third kappa shape index (κ3) is 7.02. The van der Waals surface area contributed by atoms with Gasteiger partial charge in [-0.3, -0.25) is 15.2 Å². The summed E-state index contributed by atoms with van der Waals surface area (Å²) >= 11 is 7.92. The summed E-state index contributed by atoms with van der Waals surface area (Å²) in [6.07, 6.45) is 2.14. The molecule has 0 fully saturated rings. The van der Waals surface area contributed by atoms with Crippen LogP contribution in [-0.2, 0) is 17.8 Å². The predicted molar refractivity (Wildman–Crippen MR) is 163 cm³/mol. The van der Waals surface area contributed by atoms with Gasteiger partial charge in [-0.1, -0.05) is 50.6 Å². The number of carboxylic acids is 1. The molecular weight excluding hydrogens is 528 g/mol. The van der Waals surface area contributed by atoms with E-state index in [1.807, 2.05) is 55.5 Å². The Morgan fingerprint density at radius 1 is 1.08 bits per heavy atom. The number of benzene rings is 2. The van der Waals surface area contributed by atoms with E-state index >= 15 is 0 Å². The second kappa shape index (κ2) is 11.4. The van der Waals surface area contributed by atoms with Gasteiger partial charge in [-0.2, -0.15) is 5.10 Å². The van der Waals surface area contributed by atoms with Crippen LogP contribution in [0.4, 0.5) is 5.69 Å². The zero-order valence-electron chi connectivity index (χ0n) is 23.2. The molecule has 2 N–H and O–H groups in total. The third-order valence-electron chi connectivity index (χ3n) is 6.36. The van der Waals surface area contributed by atoms with Crippen molar-refractivity contribution < 1.29 is 9.90 Å². The predicted octanol–water partition coefficient (Wildman–Crippen LogP) is 8.12. The van der Waals surface area contributed by atoms with Crippen LogP contribution in [0.5, 0.6) is 0 Å². The highest BCUT2D eigenvalue weighted by atomic mass is 35.5. The summed E-state index contributed by atoms with van der Waals surface area (Å²) in [5.74, 6) is -0.820. The largest absolute Gasteiger partial charge is 0.481 e. The van der Waals surface area contributed by atoms with Crippen molar-refractivity contribution in [1.29, 1.82) is 0 Å². The fourth-order valence-electron chi connectivity index (χ4n) is 4.27. The van der Waals surface area contributed by atoms with E-state index in [1.165, 1.54) is 0 Å². The van der Waals surface area contributed by atoms with Crippen LogP contribution in [0, 0.1) is 5.41 Å². The lowest BCUT2D eigenvalue weighted by Crippen LogP contribution is -2.28. The molecule has 2 aromatic carbocycles. The topological polar surface area (TPSA) is 79.5 Å². The van der Waals surface area contributed by atoms with Crippen LogP contribution in [0.25, 0.3) is 10.9 Å². The van der Waals surface area contributed by atoms with E-state index in [2.05, 4.69) is 53.0 Å². The number of anilines is 1. The minimum absolute atomic E-state index is 0.0847. The van der Waals surface area contributed by atoms with Crippen LogP contribution in [0.2, 0.25) is 5.02 Å². The number of rotatable bonds is 9. The Kier molecular flexibility index (Phi) is 8.42. The number of carbonyl (C=O) groups is 1. The monoisotopic (exact) mass is 562 g/mol. The van der Waals surface area contributed by atoms with Gasteiger partial charge in [0.2, 0.25) is 0 Å². The first-order chi connectivity index (χ1) is 18.3. The molecule has 2 heterocycles. The molecule has 0 bridgehead atoms. The van der Waals surface area contributed by atoms with Gasteiger partial charge in [0.25, 0.3) is 0 Å². The van der Waals surface area contributed by atoms with Crippen LogP contribution in [0.3, 0.4) is 0 Å². The molecule has 0 unspecified atom stereocenters. The number of aromatic nitrogens is 2. The summed E-state index contributed by atoms with van der Waals surface area (Å²) in [7, 11) is 0. The Balaban J connectivity index is 1.86. The van der Waals surface area contributed by atoms with Gasteiger partial charge in [0.1, 0.15) is 0 Å². The maximum absolute atomic E-state index is 12.2. The first kappa shape index (κ1) is 28.7. The van der Waals surface area contributed by atoms with Crippen LogP contribution >= 0.6 is 23.4 Å². The smallest absolute Gasteiger partial charge is 0.309 e. The van der Waals surface area contributed by atoms with Gasteiger partial charge in [-0.15, -0.1) is 11.8 Å². The van der Waals surface area contributed by atoms with E-state index in [-0.39, 0.29) is 4.75 Å². The van der Waals surface area contributed by atoms with E-state index in [0.29, 0.717) is 18.0 Å². The van der Waals surface area contributed by atoms with Crippen molar-refractivity contribution in [3.63, 3.8) is 0 Å². The summed E-state index contributed by atoms with van der Waals surface area (Å²) in [5, 5.41) is 16.3. The summed E-state index contributed by atoms with van der Waals surface area (Å²) in [6, 6.07) is 19.7. The molecule has 39 heavy (non-hydrogen) atoms. The first-order valence-corrected chi connectivity index (χ1v) is 14.1. The molecule has 0 saturated carbocycles. The van der Waals surface area contributed by atoms with E-state index in [9.17, 15) is 9.90 Å². The highest BCUT2D eigenvalue weighted by Crippen LogP contribution is 2.44. The van der Waals surface area contributed by atoms with Gasteiger partial charge in [-0.05, 0) is 68.8 Å². The van der Waals surface area contributed by atoms with Crippen molar-refractivity contribution >= 4 is 51.6 Å². The average molecular weight is 563 g/mol. The fourth-order valence-corrected chi connectivity index (χ4v) is 5.58. The highest BCUT2D eigenvalue weighted by Gasteiger charge is 2.32. The Labute approximate surface area is 239 Å². The lowest BCUT2D eigenvalue weighted by molar-refractivity contribution is -0.146. The normalized spacial score (nSPS) is 12.6. The number of fused-ring (bicyclic) bond motifs is 1. The molecule has 2 aromatic heterocycles. The molecule has 0 atom stereocenters. The van der Waals surface area contributed by atoms with E-state index in [0.717, 1.165) is 44.1 Å². The maximum Gasteiger partial charge on any atom is 0.309 e. The van der Waals surface area contributed by atoms with Gasteiger partial charge in [0.05, 0.1) is 22.5 Å². The van der Waals surface area contributed by atoms with E-state index in [4.69, 9.17) is 11.6 Å². The first-order valence-electron chi connectivity index (χ1n) is 12.9. The number of hydrogen-bond acceptors (Lipinski definition) is 5. The number of nitrogens with zero attached hydrogens (tertiary/aromatic N) is 3. The van der Waals surface area contributed by atoms with Gasteiger partial charge in [-0.25, -0.2) is 0 Å². The fraction of sp³-hybridized carbons (Fsp3) is 0.323. The number of aliphatic carboxylic acids is 1. The zero-order valence-corrected chi connectivity index (χ0v) is 24.8. The second-order valence-electron chi connectivity index (χ2n) is 11.3. The molecular formula is C31H35ClN4O2S. The van der Waals surface area contributed by atoms with Crippen molar-refractivity contribution in [3.05, 3.63) is 88.8 Å². The summed E-state index contributed by atoms with van der Waals surface area (Å²) < 4.78 is 2.17. The maximum atomic E-state index is 12.2. The molecule has 4 rings (SSSR count). The summed E-state index contributed by atoms with van der Waals surface area (Å²) in [6.45, 7) is 12.6. The third-order valence-corrected chi connectivity index (χ3v) is 7.88. The standard InChI is InChI=1S/C31H35ClN4O2S/c1-20(25-9-7-8-16-33-25)34-35-23-14-15-26-24(17-23)28(39-30(2,3)4)27(18-31(5,6)29(37)38)36(26)19-21-10-12-22(32)13-11-21/h7-17,35H,18-19H2,1-6H3,(H,37,38)/b34-20+. The molecule has 8 heteroatoms. The molecule has 6 nitrogen and oxygen atoms in total. The molecule has 4 aromatic rings. The molecule has 0 aliphatic rings. The van der Waals surface area contributed by atoms with Crippen LogP contribution in [-0.4, -0.2) is 31.1 Å². The average Bonchev–Trinajstić information content (AvgIpc) is 3.14. The number of nitrogens with one attached hydrogen (secondary N) is 1. The van der Waals surface area contributed by atoms with Crippen molar-refractivity contribution in [2.24, 2.45) is 10.5 Å². The van der Waals surface area contributed by atoms with Gasteiger partial charge >= 0.3 is 5.97 Å². The lowest BCUT2D eigenvalue weighted by atomic mass is 9.88. The van der Waals surface area contributed by atoms with Crippen LogP contribution < -0.4 is 5.43 Å². The minimum atomic E-state index is -0.940. The van der Waals surface area contributed by atoms with Crippen molar-refractivity contribution in [2.75, 3.05) is 5.43 Å². The van der Waals surface area contributed by atoms with Crippen molar-refractivity contribution in [1.82, 2.24) is 9.55 Å². The molecule has 0 saturated heterocycles. The number of thioether (sulfide) groups is 1. The van der Waals surface area contributed by atoms with Gasteiger partial charge in [0.15, 0.2) is 0 Å². The number of hydrogen-bond donors (Lipinski definition) is 2. The van der Waals surface area contributed by atoms with E-state index < -0.39 is 11.4 Å². The molecule has 0 aliphatic heterocycles. The Morgan fingerprint density at radius 3 is 2.41 bits per heavy atom. The Bertz CT molecular complexity index is 1500. The van der Waals surface area contributed by atoms with E-state index in [1.54, 1.807) is 31.8 Å². The summed E-state index contributed by atoms with van der Waals surface area (Å²) in [4.78, 5) is 17.7. The highest BCUT2D eigenvalue weighted by molar-refractivity contribution is 8.00. The van der Waals surface area contributed by atoms with Gasteiger partial charge < -0.3 is 9.67 Å².